The quantitative estimate of drug-likeness (QED) is 0.225. The van der Waals surface area contributed by atoms with Gasteiger partial charge in [-0.1, -0.05) is 30.3 Å². The molecule has 5 nitrogen and oxygen atoms in total. The first kappa shape index (κ1) is 23.2. The molecule has 0 aliphatic heterocycles. The molecule has 0 atom stereocenters. The molecule has 0 aliphatic carbocycles. The summed E-state index contributed by atoms with van der Waals surface area (Å²) in [6.07, 6.45) is 2.12. The number of aliphatic imine (C=N–C) groups is 1. The number of benzene rings is 2. The average Bonchev–Trinajstić information content (AvgIpc) is 2.69. The van der Waals surface area contributed by atoms with Gasteiger partial charge in [-0.15, -0.1) is 24.0 Å². The van der Waals surface area contributed by atoms with Crippen LogP contribution in [0, 0.1) is 0 Å². The Kier molecular flexibility index (Phi) is 12.3. The van der Waals surface area contributed by atoms with Gasteiger partial charge in [0.05, 0.1) is 0 Å². The first-order valence-electron chi connectivity index (χ1n) is 9.16. The van der Waals surface area contributed by atoms with Gasteiger partial charge in [0.2, 0.25) is 0 Å². The number of nitrogens with zero attached hydrogens (tertiary/aromatic N) is 1. The van der Waals surface area contributed by atoms with Crippen molar-refractivity contribution in [2.45, 2.75) is 26.3 Å². The Morgan fingerprint density at radius 3 is 2.30 bits per heavy atom. The van der Waals surface area contributed by atoms with E-state index in [0.29, 0.717) is 6.54 Å². The van der Waals surface area contributed by atoms with E-state index in [9.17, 15) is 0 Å². The molecule has 2 aromatic carbocycles. The highest BCUT2D eigenvalue weighted by molar-refractivity contribution is 14.0. The van der Waals surface area contributed by atoms with Gasteiger partial charge < -0.3 is 20.1 Å². The van der Waals surface area contributed by atoms with Crippen LogP contribution in [0.15, 0.2) is 59.6 Å². The highest BCUT2D eigenvalue weighted by Crippen LogP contribution is 2.20. The van der Waals surface area contributed by atoms with Crippen LogP contribution in [0.2, 0.25) is 0 Å². The molecule has 0 saturated carbocycles. The summed E-state index contributed by atoms with van der Waals surface area (Å²) >= 11 is 0. The van der Waals surface area contributed by atoms with E-state index in [2.05, 4.69) is 27.8 Å². The summed E-state index contributed by atoms with van der Waals surface area (Å²) in [5.41, 5.74) is 1.17. The van der Waals surface area contributed by atoms with Crippen LogP contribution in [0.5, 0.6) is 11.5 Å². The molecule has 0 aliphatic rings. The molecule has 0 bridgehead atoms. The van der Waals surface area contributed by atoms with Crippen molar-refractivity contribution in [3.05, 3.63) is 60.2 Å². The second-order valence-corrected chi connectivity index (χ2v) is 5.82. The topological polar surface area (TPSA) is 54.9 Å². The first-order valence-corrected chi connectivity index (χ1v) is 9.16. The van der Waals surface area contributed by atoms with Crippen molar-refractivity contribution >= 4 is 29.9 Å². The zero-order chi connectivity index (χ0) is 18.5. The number of ether oxygens (including phenoxy) is 2. The summed E-state index contributed by atoms with van der Waals surface area (Å²) in [5.74, 6) is 2.48. The van der Waals surface area contributed by atoms with Crippen LogP contribution in [-0.2, 0) is 11.3 Å². The van der Waals surface area contributed by atoms with E-state index in [4.69, 9.17) is 9.47 Å². The number of rotatable bonds is 10. The number of hydrogen-bond acceptors (Lipinski definition) is 3. The lowest BCUT2D eigenvalue weighted by Crippen LogP contribution is -2.37. The third-order valence-electron chi connectivity index (χ3n) is 3.80. The molecular weight excluding hydrogens is 453 g/mol. The van der Waals surface area contributed by atoms with Crippen molar-refractivity contribution < 1.29 is 9.47 Å². The fourth-order valence-electron chi connectivity index (χ4n) is 2.39. The largest absolute Gasteiger partial charge is 0.457 e. The maximum atomic E-state index is 5.81. The summed E-state index contributed by atoms with van der Waals surface area (Å²) < 4.78 is 11.1. The van der Waals surface area contributed by atoms with E-state index in [1.165, 1.54) is 5.56 Å². The molecule has 0 saturated heterocycles. The van der Waals surface area contributed by atoms with Gasteiger partial charge in [-0.05, 0) is 49.6 Å². The lowest BCUT2D eigenvalue weighted by molar-refractivity contribution is 0.143. The van der Waals surface area contributed by atoms with Crippen molar-refractivity contribution in [1.29, 1.82) is 0 Å². The van der Waals surface area contributed by atoms with Crippen molar-refractivity contribution in [2.24, 2.45) is 4.99 Å². The van der Waals surface area contributed by atoms with Gasteiger partial charge in [-0.2, -0.15) is 0 Å². The Morgan fingerprint density at radius 2 is 1.63 bits per heavy atom. The summed E-state index contributed by atoms with van der Waals surface area (Å²) in [5, 5.41) is 6.64. The highest BCUT2D eigenvalue weighted by Gasteiger charge is 2.00. The molecule has 0 aromatic heterocycles. The Balaban J connectivity index is 0.00000364. The van der Waals surface area contributed by atoms with E-state index in [-0.39, 0.29) is 24.0 Å². The molecule has 6 heteroatoms. The summed E-state index contributed by atoms with van der Waals surface area (Å²) in [6, 6.07) is 17.9. The van der Waals surface area contributed by atoms with E-state index in [1.54, 1.807) is 7.05 Å². The smallest absolute Gasteiger partial charge is 0.191 e. The minimum Gasteiger partial charge on any atom is -0.457 e. The fraction of sp³-hybridized carbons (Fsp3) is 0.381. The molecule has 2 N–H and O–H groups in total. The molecular formula is C21H30IN3O2. The van der Waals surface area contributed by atoms with E-state index in [1.807, 2.05) is 49.4 Å². The average molecular weight is 483 g/mol. The van der Waals surface area contributed by atoms with E-state index < -0.39 is 0 Å². The van der Waals surface area contributed by atoms with Crippen LogP contribution < -0.4 is 15.4 Å². The molecule has 2 rings (SSSR count). The maximum absolute atomic E-state index is 5.81. The molecule has 0 amide bonds. The van der Waals surface area contributed by atoms with Gasteiger partial charge in [0.15, 0.2) is 5.96 Å². The second kappa shape index (κ2) is 14.3. The Labute approximate surface area is 179 Å². The van der Waals surface area contributed by atoms with Gasteiger partial charge in [-0.25, -0.2) is 0 Å². The van der Waals surface area contributed by atoms with Crippen molar-refractivity contribution in [2.75, 3.05) is 26.8 Å². The monoisotopic (exact) mass is 483 g/mol. The van der Waals surface area contributed by atoms with Gasteiger partial charge in [0.25, 0.3) is 0 Å². The van der Waals surface area contributed by atoms with Crippen LogP contribution in [0.4, 0.5) is 0 Å². The zero-order valence-corrected chi connectivity index (χ0v) is 18.4. The van der Waals surface area contributed by atoms with Gasteiger partial charge in [-0.3, -0.25) is 4.99 Å². The van der Waals surface area contributed by atoms with Crippen molar-refractivity contribution in [1.82, 2.24) is 10.6 Å². The first-order chi connectivity index (χ1) is 12.8. The number of para-hydroxylation sites is 1. The minimum atomic E-state index is 0. The summed E-state index contributed by atoms with van der Waals surface area (Å²) in [6.45, 7) is 5.22. The predicted molar refractivity (Wildman–Crippen MR) is 122 cm³/mol. The lowest BCUT2D eigenvalue weighted by atomic mass is 10.2. The molecule has 148 valence electrons. The van der Waals surface area contributed by atoms with Crippen molar-refractivity contribution in [3.63, 3.8) is 0 Å². The van der Waals surface area contributed by atoms with Crippen molar-refractivity contribution in [3.8, 4) is 11.5 Å². The fourth-order valence-corrected chi connectivity index (χ4v) is 2.39. The molecule has 0 radical (unpaired) electrons. The van der Waals surface area contributed by atoms with Crippen LogP contribution in [0.3, 0.4) is 0 Å². The number of guanidine groups is 1. The highest BCUT2D eigenvalue weighted by atomic mass is 127. The van der Waals surface area contributed by atoms with E-state index in [0.717, 1.165) is 50.1 Å². The van der Waals surface area contributed by atoms with Crippen LogP contribution in [0.25, 0.3) is 0 Å². The van der Waals surface area contributed by atoms with Crippen LogP contribution >= 0.6 is 24.0 Å². The summed E-state index contributed by atoms with van der Waals surface area (Å²) in [7, 11) is 1.78. The standard InChI is InChI=1S/C21H29N3O2.HI/c1-3-25-16-8-7-15-23-21(22-2)24-17-18-11-13-20(14-12-18)26-19-9-5-4-6-10-19;/h4-6,9-14H,3,7-8,15-17H2,1-2H3,(H2,22,23,24);1H. The predicted octanol–water partition coefficient (Wildman–Crippen LogP) is 4.58. The summed E-state index contributed by atoms with van der Waals surface area (Å²) in [4.78, 5) is 4.25. The molecule has 0 unspecified atom stereocenters. The normalized spacial score (nSPS) is 10.8. The van der Waals surface area contributed by atoms with Gasteiger partial charge in [0.1, 0.15) is 11.5 Å². The molecule has 27 heavy (non-hydrogen) atoms. The molecule has 0 fully saturated rings. The van der Waals surface area contributed by atoms with Crippen LogP contribution in [0.1, 0.15) is 25.3 Å². The minimum absolute atomic E-state index is 0. The third kappa shape index (κ3) is 9.63. The maximum Gasteiger partial charge on any atom is 0.191 e. The SMILES string of the molecule is CCOCCCCNC(=NC)NCc1ccc(Oc2ccccc2)cc1.I. The second-order valence-electron chi connectivity index (χ2n) is 5.82. The lowest BCUT2D eigenvalue weighted by Gasteiger charge is -2.12. The number of halogens is 1. The van der Waals surface area contributed by atoms with E-state index >= 15 is 0 Å². The number of hydrogen-bond donors (Lipinski definition) is 2. The molecule has 0 spiro atoms. The Hall–Kier alpha value is -1.80. The van der Waals surface area contributed by atoms with Crippen LogP contribution in [-0.4, -0.2) is 32.8 Å². The Morgan fingerprint density at radius 1 is 0.926 bits per heavy atom. The number of unbranched alkanes of at least 4 members (excludes halogenated alkanes) is 1. The molecule has 2 aromatic rings. The van der Waals surface area contributed by atoms with Gasteiger partial charge >= 0.3 is 0 Å². The Bertz CT molecular complexity index is 648. The molecule has 0 heterocycles. The zero-order valence-electron chi connectivity index (χ0n) is 16.1. The van der Waals surface area contributed by atoms with Gasteiger partial charge in [0, 0.05) is 33.4 Å². The third-order valence-corrected chi connectivity index (χ3v) is 3.80. The number of nitrogens with one attached hydrogen (secondary N) is 2.